The Balaban J connectivity index is 1.88. The van der Waals surface area contributed by atoms with Crippen LogP contribution in [0.2, 0.25) is 5.02 Å². The van der Waals surface area contributed by atoms with Crippen molar-refractivity contribution < 1.29 is 9.53 Å². The van der Waals surface area contributed by atoms with Gasteiger partial charge < -0.3 is 15.8 Å². The van der Waals surface area contributed by atoms with Crippen LogP contribution < -0.4 is 15.8 Å². The standard InChI is InChI=1S/C14H13ClN2O2/c15-12-3-1-2-4-13(12)17-14(18)9-19-11-7-5-10(16)6-8-11/h1-8H,9,16H2,(H,17,18). The summed E-state index contributed by atoms with van der Waals surface area (Å²) in [5.41, 5.74) is 6.76. The van der Waals surface area contributed by atoms with Gasteiger partial charge in [-0.25, -0.2) is 0 Å². The zero-order chi connectivity index (χ0) is 13.7. The molecule has 19 heavy (non-hydrogen) atoms. The molecule has 0 aliphatic carbocycles. The molecular formula is C14H13ClN2O2. The van der Waals surface area contributed by atoms with Crippen molar-refractivity contribution in [1.29, 1.82) is 0 Å². The van der Waals surface area contributed by atoms with E-state index >= 15 is 0 Å². The fourth-order valence-electron chi connectivity index (χ4n) is 1.46. The third kappa shape index (κ3) is 3.89. The van der Waals surface area contributed by atoms with Gasteiger partial charge in [-0.2, -0.15) is 0 Å². The number of hydrogen-bond donors (Lipinski definition) is 2. The Morgan fingerprint density at radius 1 is 1.16 bits per heavy atom. The van der Waals surface area contributed by atoms with Gasteiger partial charge in [0.1, 0.15) is 5.75 Å². The van der Waals surface area contributed by atoms with Crippen LogP contribution in [-0.4, -0.2) is 12.5 Å². The highest BCUT2D eigenvalue weighted by Gasteiger charge is 2.06. The minimum atomic E-state index is -0.273. The van der Waals surface area contributed by atoms with Gasteiger partial charge in [-0.05, 0) is 36.4 Å². The summed E-state index contributed by atoms with van der Waals surface area (Å²) in [5.74, 6) is 0.313. The highest BCUT2D eigenvalue weighted by Crippen LogP contribution is 2.20. The number of hydrogen-bond acceptors (Lipinski definition) is 3. The fraction of sp³-hybridized carbons (Fsp3) is 0.0714. The Kier molecular flexibility index (Phi) is 4.26. The van der Waals surface area contributed by atoms with Gasteiger partial charge in [-0.15, -0.1) is 0 Å². The number of carbonyl (C=O) groups is 1. The third-order valence-corrected chi connectivity index (χ3v) is 2.73. The molecule has 1 amide bonds. The quantitative estimate of drug-likeness (QED) is 0.844. The monoisotopic (exact) mass is 276 g/mol. The van der Waals surface area contributed by atoms with Crippen LogP contribution in [-0.2, 0) is 4.79 Å². The molecule has 0 saturated heterocycles. The number of carbonyl (C=O) groups excluding carboxylic acids is 1. The van der Waals surface area contributed by atoms with Crippen LogP contribution in [0.15, 0.2) is 48.5 Å². The van der Waals surface area contributed by atoms with E-state index in [1.165, 1.54) is 0 Å². The summed E-state index contributed by atoms with van der Waals surface area (Å²) in [6, 6.07) is 13.9. The zero-order valence-electron chi connectivity index (χ0n) is 10.1. The van der Waals surface area contributed by atoms with Gasteiger partial charge in [0, 0.05) is 5.69 Å². The van der Waals surface area contributed by atoms with Crippen molar-refractivity contribution in [1.82, 2.24) is 0 Å². The highest BCUT2D eigenvalue weighted by atomic mass is 35.5. The molecule has 0 fully saturated rings. The lowest BCUT2D eigenvalue weighted by atomic mass is 10.3. The largest absolute Gasteiger partial charge is 0.484 e. The molecule has 3 N–H and O–H groups in total. The molecule has 0 saturated carbocycles. The molecule has 0 radical (unpaired) electrons. The lowest BCUT2D eigenvalue weighted by molar-refractivity contribution is -0.118. The Morgan fingerprint density at radius 3 is 2.53 bits per heavy atom. The highest BCUT2D eigenvalue weighted by molar-refractivity contribution is 6.33. The molecule has 0 bridgehead atoms. The maximum Gasteiger partial charge on any atom is 0.262 e. The molecule has 2 aromatic carbocycles. The molecule has 0 atom stereocenters. The number of amides is 1. The van der Waals surface area contributed by atoms with Crippen LogP contribution in [0.3, 0.4) is 0 Å². The summed E-state index contributed by atoms with van der Waals surface area (Å²) < 4.78 is 5.32. The first kappa shape index (κ1) is 13.2. The van der Waals surface area contributed by atoms with E-state index < -0.39 is 0 Å². The molecule has 98 valence electrons. The number of nitrogen functional groups attached to an aromatic ring is 1. The van der Waals surface area contributed by atoms with Crippen LogP contribution >= 0.6 is 11.6 Å². The number of nitrogens with two attached hydrogens (primary N) is 1. The van der Waals surface area contributed by atoms with Crippen molar-refractivity contribution in [2.75, 3.05) is 17.7 Å². The molecule has 2 rings (SSSR count). The van der Waals surface area contributed by atoms with Crippen molar-refractivity contribution >= 4 is 28.9 Å². The average Bonchev–Trinajstić information content (AvgIpc) is 2.41. The van der Waals surface area contributed by atoms with Crippen LogP contribution in [0, 0.1) is 0 Å². The van der Waals surface area contributed by atoms with Gasteiger partial charge in [0.15, 0.2) is 6.61 Å². The van der Waals surface area contributed by atoms with Crippen molar-refractivity contribution in [3.63, 3.8) is 0 Å². The SMILES string of the molecule is Nc1ccc(OCC(=O)Nc2ccccc2Cl)cc1. The van der Waals surface area contributed by atoms with E-state index in [1.54, 1.807) is 48.5 Å². The molecule has 5 heteroatoms. The maximum absolute atomic E-state index is 11.7. The van der Waals surface area contributed by atoms with Gasteiger partial charge in [-0.1, -0.05) is 23.7 Å². The topological polar surface area (TPSA) is 64.3 Å². The van der Waals surface area contributed by atoms with E-state index in [-0.39, 0.29) is 12.5 Å². The smallest absolute Gasteiger partial charge is 0.262 e. The van der Waals surface area contributed by atoms with Crippen LogP contribution in [0.5, 0.6) is 5.75 Å². The van der Waals surface area contributed by atoms with Crippen LogP contribution in [0.1, 0.15) is 0 Å². The van der Waals surface area contributed by atoms with E-state index in [1.807, 2.05) is 0 Å². The first-order chi connectivity index (χ1) is 9.15. The predicted molar refractivity (Wildman–Crippen MR) is 76.4 cm³/mol. The summed E-state index contributed by atoms with van der Waals surface area (Å²) in [6.45, 7) is -0.0882. The normalized spacial score (nSPS) is 9.95. The number of ether oxygens (including phenoxy) is 1. The van der Waals surface area contributed by atoms with Gasteiger partial charge in [0.2, 0.25) is 0 Å². The number of nitrogens with one attached hydrogen (secondary N) is 1. The zero-order valence-corrected chi connectivity index (χ0v) is 10.9. The van der Waals surface area contributed by atoms with Crippen LogP contribution in [0.25, 0.3) is 0 Å². The minimum absolute atomic E-state index is 0.0882. The van der Waals surface area contributed by atoms with Gasteiger partial charge in [-0.3, -0.25) is 4.79 Å². The number of rotatable bonds is 4. The van der Waals surface area contributed by atoms with Crippen LogP contribution in [0.4, 0.5) is 11.4 Å². The van der Waals surface area contributed by atoms with E-state index in [9.17, 15) is 4.79 Å². The molecule has 4 nitrogen and oxygen atoms in total. The summed E-state index contributed by atoms with van der Waals surface area (Å²) in [7, 11) is 0. The third-order valence-electron chi connectivity index (χ3n) is 2.40. The minimum Gasteiger partial charge on any atom is -0.484 e. The van der Waals surface area contributed by atoms with E-state index in [2.05, 4.69) is 5.32 Å². The summed E-state index contributed by atoms with van der Waals surface area (Å²) in [4.78, 5) is 11.7. The second-order valence-corrected chi connectivity index (χ2v) is 4.29. The number of anilines is 2. The summed E-state index contributed by atoms with van der Waals surface area (Å²) >= 11 is 5.93. The van der Waals surface area contributed by atoms with Crippen molar-refractivity contribution in [2.45, 2.75) is 0 Å². The molecule has 0 unspecified atom stereocenters. The first-order valence-corrected chi connectivity index (χ1v) is 6.05. The molecule has 0 aliphatic heterocycles. The number of halogens is 1. The van der Waals surface area contributed by atoms with Gasteiger partial charge >= 0.3 is 0 Å². The lowest BCUT2D eigenvalue weighted by Crippen LogP contribution is -2.20. The van der Waals surface area contributed by atoms with E-state index in [4.69, 9.17) is 22.1 Å². The van der Waals surface area contributed by atoms with Crippen molar-refractivity contribution in [3.8, 4) is 5.75 Å². The van der Waals surface area contributed by atoms with Gasteiger partial charge in [0.25, 0.3) is 5.91 Å². The Hall–Kier alpha value is -2.20. The second-order valence-electron chi connectivity index (χ2n) is 3.89. The Morgan fingerprint density at radius 2 is 1.84 bits per heavy atom. The first-order valence-electron chi connectivity index (χ1n) is 5.68. The summed E-state index contributed by atoms with van der Waals surface area (Å²) in [6.07, 6.45) is 0. The molecule has 2 aromatic rings. The van der Waals surface area contributed by atoms with Crippen molar-refractivity contribution in [3.05, 3.63) is 53.6 Å². The lowest BCUT2D eigenvalue weighted by Gasteiger charge is -2.08. The summed E-state index contributed by atoms with van der Waals surface area (Å²) in [5, 5.41) is 3.16. The van der Waals surface area contributed by atoms with Gasteiger partial charge in [0.05, 0.1) is 10.7 Å². The molecule has 0 aliphatic rings. The Bertz CT molecular complexity index is 570. The van der Waals surface area contributed by atoms with E-state index in [0.717, 1.165) is 0 Å². The fourth-order valence-corrected chi connectivity index (χ4v) is 1.64. The molecular weight excluding hydrogens is 264 g/mol. The van der Waals surface area contributed by atoms with Crippen molar-refractivity contribution in [2.24, 2.45) is 0 Å². The molecule has 0 spiro atoms. The number of para-hydroxylation sites is 1. The number of benzene rings is 2. The Labute approximate surface area is 116 Å². The molecule has 0 aromatic heterocycles. The second kappa shape index (κ2) is 6.11. The maximum atomic E-state index is 11.7. The average molecular weight is 277 g/mol. The predicted octanol–water partition coefficient (Wildman–Crippen LogP) is 2.94. The van der Waals surface area contributed by atoms with E-state index in [0.29, 0.717) is 22.1 Å². The molecule has 0 heterocycles.